The number of amides is 2. The molecule has 0 aliphatic rings. The Morgan fingerprint density at radius 3 is 2.22 bits per heavy atom. The number of rotatable bonds is 1. The van der Waals surface area contributed by atoms with Crippen LogP contribution in [0, 0.1) is 0 Å². The molecule has 0 aliphatic carbocycles. The Balaban J connectivity index is 3.09. The van der Waals surface area contributed by atoms with Crippen molar-refractivity contribution in [3.8, 4) is 0 Å². The standard InChI is InChI=1S/C13H16BrNO3/c1-9(16)15(12(17)18-13(2,3)4)11-8-6-5-7-10(11)14/h5-8H,1-4H3. The summed E-state index contributed by atoms with van der Waals surface area (Å²) in [4.78, 5) is 24.7. The summed E-state index contributed by atoms with van der Waals surface area (Å²) in [6.45, 7) is 6.58. The summed E-state index contributed by atoms with van der Waals surface area (Å²) < 4.78 is 5.87. The van der Waals surface area contributed by atoms with Crippen molar-refractivity contribution in [3.63, 3.8) is 0 Å². The van der Waals surface area contributed by atoms with E-state index in [-0.39, 0.29) is 0 Å². The van der Waals surface area contributed by atoms with E-state index >= 15 is 0 Å². The molecule has 0 heterocycles. The third kappa shape index (κ3) is 3.84. The van der Waals surface area contributed by atoms with Crippen LogP contribution in [0.2, 0.25) is 0 Å². The van der Waals surface area contributed by atoms with Gasteiger partial charge in [-0.15, -0.1) is 0 Å². The molecule has 4 nitrogen and oxygen atoms in total. The molecule has 5 heteroatoms. The molecule has 1 rings (SSSR count). The Kier molecular flexibility index (Phi) is 4.51. The Bertz CT molecular complexity index is 466. The molecule has 0 saturated carbocycles. The van der Waals surface area contributed by atoms with E-state index in [1.807, 2.05) is 0 Å². The van der Waals surface area contributed by atoms with Crippen molar-refractivity contribution in [1.82, 2.24) is 0 Å². The second-order valence-corrected chi connectivity index (χ2v) is 5.64. The number of anilines is 1. The zero-order chi connectivity index (χ0) is 13.9. The third-order valence-corrected chi connectivity index (χ3v) is 2.65. The molecule has 0 fully saturated rings. The summed E-state index contributed by atoms with van der Waals surface area (Å²) in [5.41, 5.74) is -0.175. The first kappa shape index (κ1) is 14.7. The van der Waals surface area contributed by atoms with Gasteiger partial charge in [-0.3, -0.25) is 4.79 Å². The van der Waals surface area contributed by atoms with E-state index < -0.39 is 17.6 Å². The maximum atomic E-state index is 12.0. The fourth-order valence-corrected chi connectivity index (χ4v) is 1.80. The molecule has 0 spiro atoms. The van der Waals surface area contributed by atoms with Crippen molar-refractivity contribution in [2.75, 3.05) is 4.90 Å². The fraction of sp³-hybridized carbons (Fsp3) is 0.385. The highest BCUT2D eigenvalue weighted by Gasteiger charge is 2.27. The first-order valence-electron chi connectivity index (χ1n) is 5.50. The SMILES string of the molecule is CC(=O)N(C(=O)OC(C)(C)C)c1ccccc1Br. The molecule has 0 unspecified atom stereocenters. The molecule has 1 aromatic carbocycles. The molecule has 0 aromatic heterocycles. The molecule has 0 bridgehead atoms. The summed E-state index contributed by atoms with van der Waals surface area (Å²) in [5.74, 6) is -0.392. The van der Waals surface area contributed by atoms with Crippen molar-refractivity contribution >= 4 is 33.6 Å². The molecule has 0 N–H and O–H groups in total. The van der Waals surface area contributed by atoms with Gasteiger partial charge in [-0.05, 0) is 48.8 Å². The number of benzene rings is 1. The normalized spacial score (nSPS) is 10.9. The van der Waals surface area contributed by atoms with Crippen molar-refractivity contribution in [1.29, 1.82) is 0 Å². The van der Waals surface area contributed by atoms with Crippen LogP contribution in [0.15, 0.2) is 28.7 Å². The maximum absolute atomic E-state index is 12.0. The number of imide groups is 1. The zero-order valence-electron chi connectivity index (χ0n) is 10.9. The van der Waals surface area contributed by atoms with Crippen molar-refractivity contribution in [3.05, 3.63) is 28.7 Å². The van der Waals surface area contributed by atoms with Crippen molar-refractivity contribution in [2.24, 2.45) is 0 Å². The maximum Gasteiger partial charge on any atom is 0.421 e. The number of para-hydroxylation sites is 1. The van der Waals surface area contributed by atoms with Gasteiger partial charge in [0.1, 0.15) is 5.60 Å². The van der Waals surface area contributed by atoms with E-state index in [4.69, 9.17) is 4.74 Å². The van der Waals surface area contributed by atoms with E-state index in [1.54, 1.807) is 45.0 Å². The van der Waals surface area contributed by atoms with Gasteiger partial charge in [0.2, 0.25) is 5.91 Å². The lowest BCUT2D eigenvalue weighted by molar-refractivity contribution is -0.116. The van der Waals surface area contributed by atoms with Gasteiger partial charge in [-0.2, -0.15) is 0 Å². The topological polar surface area (TPSA) is 46.6 Å². The van der Waals surface area contributed by atoms with Crippen LogP contribution in [0.3, 0.4) is 0 Å². The number of carbonyl (C=O) groups excluding carboxylic acids is 2. The Labute approximate surface area is 115 Å². The number of hydrogen-bond donors (Lipinski definition) is 0. The molecule has 2 amide bonds. The van der Waals surface area contributed by atoms with Crippen LogP contribution in [0.25, 0.3) is 0 Å². The van der Waals surface area contributed by atoms with Gasteiger partial charge in [-0.25, -0.2) is 9.69 Å². The van der Waals surface area contributed by atoms with Crippen LogP contribution >= 0.6 is 15.9 Å². The van der Waals surface area contributed by atoms with Crippen LogP contribution in [0.1, 0.15) is 27.7 Å². The Morgan fingerprint density at radius 1 is 1.22 bits per heavy atom. The summed E-state index contributed by atoms with van der Waals surface area (Å²) in [5, 5.41) is 0. The highest BCUT2D eigenvalue weighted by atomic mass is 79.9. The smallest absolute Gasteiger partial charge is 0.421 e. The second kappa shape index (κ2) is 5.52. The molecule has 0 aliphatic heterocycles. The number of hydrogen-bond acceptors (Lipinski definition) is 3. The molecule has 18 heavy (non-hydrogen) atoms. The third-order valence-electron chi connectivity index (χ3n) is 1.98. The minimum atomic E-state index is -0.679. The molecular weight excluding hydrogens is 298 g/mol. The number of ether oxygens (including phenoxy) is 1. The largest absolute Gasteiger partial charge is 0.443 e. The van der Waals surface area contributed by atoms with Gasteiger partial charge in [0.25, 0.3) is 0 Å². The van der Waals surface area contributed by atoms with Crippen LogP contribution in [-0.4, -0.2) is 17.6 Å². The second-order valence-electron chi connectivity index (χ2n) is 4.79. The average molecular weight is 314 g/mol. The first-order valence-corrected chi connectivity index (χ1v) is 6.30. The summed E-state index contributed by atoms with van der Waals surface area (Å²) in [6, 6.07) is 6.99. The highest BCUT2D eigenvalue weighted by Crippen LogP contribution is 2.27. The Morgan fingerprint density at radius 2 is 1.78 bits per heavy atom. The quantitative estimate of drug-likeness (QED) is 0.793. The minimum absolute atomic E-state index is 0.392. The zero-order valence-corrected chi connectivity index (χ0v) is 12.4. The van der Waals surface area contributed by atoms with E-state index in [0.29, 0.717) is 10.2 Å². The Hall–Kier alpha value is -1.36. The molecule has 98 valence electrons. The summed E-state index contributed by atoms with van der Waals surface area (Å²) >= 11 is 3.31. The van der Waals surface area contributed by atoms with E-state index in [1.165, 1.54) is 6.92 Å². The fourth-order valence-electron chi connectivity index (χ4n) is 1.34. The summed E-state index contributed by atoms with van der Waals surface area (Å²) in [6.07, 6.45) is -0.679. The monoisotopic (exact) mass is 313 g/mol. The van der Waals surface area contributed by atoms with Crippen LogP contribution in [0.5, 0.6) is 0 Å². The molecule has 1 aromatic rings. The first-order chi connectivity index (χ1) is 8.22. The van der Waals surface area contributed by atoms with E-state index in [2.05, 4.69) is 15.9 Å². The number of halogens is 1. The van der Waals surface area contributed by atoms with Gasteiger partial charge in [-0.1, -0.05) is 12.1 Å². The van der Waals surface area contributed by atoms with Gasteiger partial charge in [0.05, 0.1) is 5.69 Å². The van der Waals surface area contributed by atoms with Crippen molar-refractivity contribution < 1.29 is 14.3 Å². The average Bonchev–Trinajstić information content (AvgIpc) is 2.17. The van der Waals surface area contributed by atoms with E-state index in [9.17, 15) is 9.59 Å². The summed E-state index contributed by atoms with van der Waals surface area (Å²) in [7, 11) is 0. The van der Waals surface area contributed by atoms with Gasteiger partial charge < -0.3 is 4.74 Å². The van der Waals surface area contributed by atoms with Crippen LogP contribution < -0.4 is 4.90 Å². The molecule has 0 saturated heterocycles. The van der Waals surface area contributed by atoms with Gasteiger partial charge >= 0.3 is 6.09 Å². The van der Waals surface area contributed by atoms with Crippen LogP contribution in [-0.2, 0) is 9.53 Å². The van der Waals surface area contributed by atoms with Gasteiger partial charge in [0, 0.05) is 11.4 Å². The van der Waals surface area contributed by atoms with Gasteiger partial charge in [0.15, 0.2) is 0 Å². The molecule has 0 atom stereocenters. The number of nitrogens with zero attached hydrogens (tertiary/aromatic N) is 1. The lowest BCUT2D eigenvalue weighted by Gasteiger charge is -2.25. The minimum Gasteiger partial charge on any atom is -0.443 e. The van der Waals surface area contributed by atoms with Crippen molar-refractivity contribution in [2.45, 2.75) is 33.3 Å². The van der Waals surface area contributed by atoms with Crippen LogP contribution in [0.4, 0.5) is 10.5 Å². The lowest BCUT2D eigenvalue weighted by Crippen LogP contribution is -2.40. The molecule has 0 radical (unpaired) electrons. The van der Waals surface area contributed by atoms with E-state index in [0.717, 1.165) is 4.90 Å². The number of carbonyl (C=O) groups is 2. The highest BCUT2D eigenvalue weighted by molar-refractivity contribution is 9.10. The predicted octanol–water partition coefficient (Wildman–Crippen LogP) is 3.74. The predicted molar refractivity (Wildman–Crippen MR) is 73.5 cm³/mol. The molecular formula is C13H16BrNO3. The lowest BCUT2D eigenvalue weighted by atomic mass is 10.2.